The lowest BCUT2D eigenvalue weighted by atomic mass is 9.48. The fourth-order valence-electron chi connectivity index (χ4n) is 8.79. The number of hydrogen-bond acceptors (Lipinski definition) is 12. The zero-order valence-electron chi connectivity index (χ0n) is 32.5. The Hall–Kier alpha value is -5.73. The number of carbonyl (C=O) groups excluding carboxylic acids is 4. The molecule has 5 atom stereocenters. The maximum absolute atomic E-state index is 13.0. The van der Waals surface area contributed by atoms with Gasteiger partial charge in [0, 0.05) is 22.9 Å². The number of aromatic nitrogens is 1. The highest BCUT2D eigenvalue weighted by atomic mass is 16.5. The number of benzene rings is 2. The third-order valence-electron chi connectivity index (χ3n) is 11.3. The van der Waals surface area contributed by atoms with Crippen LogP contribution in [0.3, 0.4) is 0 Å². The van der Waals surface area contributed by atoms with Crippen molar-refractivity contribution in [3.8, 4) is 29.1 Å². The van der Waals surface area contributed by atoms with Gasteiger partial charge >= 0.3 is 0 Å². The van der Waals surface area contributed by atoms with E-state index in [-0.39, 0.29) is 38.2 Å². The molecular weight excluding hydrogens is 748 g/mol. The number of ether oxygens (including phenoxy) is 4. The predicted molar refractivity (Wildman–Crippen MR) is 208 cm³/mol. The first-order chi connectivity index (χ1) is 28.0. The second-order valence-electron chi connectivity index (χ2n) is 15.0. The Morgan fingerprint density at radius 1 is 0.931 bits per heavy atom. The van der Waals surface area contributed by atoms with E-state index >= 15 is 0 Å². The molecule has 7 rings (SSSR count). The van der Waals surface area contributed by atoms with E-state index in [9.17, 15) is 29.4 Å². The molecule has 1 aromatic heterocycles. The van der Waals surface area contributed by atoms with Crippen molar-refractivity contribution < 1.29 is 48.3 Å². The molecule has 306 valence electrons. The number of pyridine rings is 1. The summed E-state index contributed by atoms with van der Waals surface area (Å²) in [7, 11) is 2.02. The summed E-state index contributed by atoms with van der Waals surface area (Å²) >= 11 is 0. The molecule has 2 fully saturated rings. The number of likely N-dealkylation sites (N-methyl/N-ethyl adjacent to an activating group) is 1. The van der Waals surface area contributed by atoms with Crippen LogP contribution in [0.4, 0.5) is 0 Å². The highest BCUT2D eigenvalue weighted by molar-refractivity contribution is 5.81. The van der Waals surface area contributed by atoms with Gasteiger partial charge in [-0.05, 0) is 94.1 Å². The Kier molecular flexibility index (Phi) is 12.1. The molecule has 16 heteroatoms. The summed E-state index contributed by atoms with van der Waals surface area (Å²) in [5.74, 6) is 5.10. The molecule has 16 nitrogen and oxygen atoms in total. The third-order valence-corrected chi connectivity index (χ3v) is 11.3. The molecule has 3 aromatic rings. The van der Waals surface area contributed by atoms with E-state index in [1.165, 1.54) is 0 Å². The van der Waals surface area contributed by atoms with Crippen molar-refractivity contribution in [2.45, 2.75) is 61.8 Å². The zero-order chi connectivity index (χ0) is 40.9. The number of piperidine rings is 1. The minimum Gasteiger partial charge on any atom is -0.504 e. The van der Waals surface area contributed by atoms with E-state index < -0.39 is 66.6 Å². The van der Waals surface area contributed by atoms with Crippen LogP contribution in [0.25, 0.3) is 0 Å². The number of aliphatic hydroxyl groups is 1. The molecule has 1 spiro atoms. The number of carbonyl (C=O) groups is 4. The van der Waals surface area contributed by atoms with Crippen LogP contribution in [0.5, 0.6) is 17.2 Å². The van der Waals surface area contributed by atoms with Crippen molar-refractivity contribution in [2.75, 3.05) is 59.8 Å². The third kappa shape index (κ3) is 8.44. The largest absolute Gasteiger partial charge is 0.504 e. The maximum Gasteiger partial charge on any atom is 0.247 e. The lowest BCUT2D eigenvalue weighted by molar-refractivity contribution is -0.187. The minimum atomic E-state index is -1.08. The van der Waals surface area contributed by atoms with E-state index in [0.29, 0.717) is 42.9 Å². The monoisotopic (exact) mass is 796 g/mol. The molecule has 0 radical (unpaired) electrons. The second kappa shape index (κ2) is 17.4. The van der Waals surface area contributed by atoms with Gasteiger partial charge in [0.1, 0.15) is 50.6 Å². The number of phenols is 1. The molecule has 1 saturated carbocycles. The van der Waals surface area contributed by atoms with Crippen molar-refractivity contribution in [1.29, 1.82) is 0 Å². The Bertz CT molecular complexity index is 2120. The van der Waals surface area contributed by atoms with Crippen LogP contribution in [0.15, 0.2) is 54.6 Å². The van der Waals surface area contributed by atoms with Crippen molar-refractivity contribution in [3.63, 3.8) is 0 Å². The summed E-state index contributed by atoms with van der Waals surface area (Å²) in [5, 5.41) is 33.5. The average Bonchev–Trinajstić information content (AvgIpc) is 3.56. The highest BCUT2D eigenvalue weighted by Gasteiger charge is 2.72. The topological polar surface area (TPSA) is 210 Å². The normalized spacial score (nSPS) is 23.6. The number of hydrogen-bond donors (Lipinski definition) is 6. The van der Waals surface area contributed by atoms with Gasteiger partial charge in [-0.25, -0.2) is 4.98 Å². The lowest BCUT2D eigenvalue weighted by Crippen LogP contribution is -2.77. The van der Waals surface area contributed by atoms with Gasteiger partial charge < -0.3 is 55.3 Å². The van der Waals surface area contributed by atoms with Gasteiger partial charge in [-0.3, -0.25) is 19.2 Å². The van der Waals surface area contributed by atoms with Crippen LogP contribution in [0.1, 0.15) is 47.3 Å². The Morgan fingerprint density at radius 3 is 2.41 bits per heavy atom. The van der Waals surface area contributed by atoms with Crippen molar-refractivity contribution in [3.05, 3.63) is 82.7 Å². The number of aryl methyl sites for hydroxylation is 1. The molecule has 58 heavy (non-hydrogen) atoms. The first-order valence-electron chi connectivity index (χ1n) is 19.3. The highest BCUT2D eigenvalue weighted by Crippen LogP contribution is 2.65. The molecule has 4 amide bonds. The van der Waals surface area contributed by atoms with Crippen molar-refractivity contribution in [1.82, 2.24) is 31.2 Å². The van der Waals surface area contributed by atoms with Gasteiger partial charge in [-0.2, -0.15) is 0 Å². The van der Waals surface area contributed by atoms with Crippen LogP contribution in [0, 0.1) is 18.8 Å². The van der Waals surface area contributed by atoms with Crippen LogP contribution >= 0.6 is 0 Å². The fraction of sp³-hybridized carbons (Fsp3) is 0.452. The number of nitrogens with one attached hydrogen (secondary N) is 4. The minimum absolute atomic E-state index is 0.0181. The van der Waals surface area contributed by atoms with Crippen molar-refractivity contribution >= 4 is 23.6 Å². The van der Waals surface area contributed by atoms with Crippen LogP contribution in [-0.4, -0.2) is 127 Å². The Labute approximate surface area is 336 Å². The van der Waals surface area contributed by atoms with E-state index in [2.05, 4.69) is 43.0 Å². The summed E-state index contributed by atoms with van der Waals surface area (Å²) in [4.78, 5) is 56.1. The summed E-state index contributed by atoms with van der Waals surface area (Å²) in [6, 6.07) is 15.9. The molecule has 2 bridgehead atoms. The smallest absolute Gasteiger partial charge is 0.247 e. The molecular formula is C42H48N6O10. The van der Waals surface area contributed by atoms with Crippen LogP contribution in [0.2, 0.25) is 0 Å². The quantitative estimate of drug-likeness (QED) is 0.0692. The lowest BCUT2D eigenvalue weighted by Gasteiger charge is -2.63. The number of nitrogens with zero attached hydrogens (tertiary/aromatic N) is 2. The van der Waals surface area contributed by atoms with Gasteiger partial charge in [0.15, 0.2) is 11.5 Å². The van der Waals surface area contributed by atoms with Crippen LogP contribution in [-0.2, 0) is 40.5 Å². The Balaban J connectivity index is 0.749. The van der Waals surface area contributed by atoms with Crippen molar-refractivity contribution in [2.24, 2.45) is 0 Å². The zero-order valence-corrected chi connectivity index (χ0v) is 32.5. The molecule has 6 N–H and O–H groups in total. The molecule has 1 unspecified atom stereocenters. The van der Waals surface area contributed by atoms with E-state index in [1.54, 1.807) is 18.2 Å². The number of likely N-dealkylation sites (tertiary alicyclic amines) is 1. The number of phenolic OH excluding ortho intramolecular Hbond substituents is 1. The van der Waals surface area contributed by atoms with Gasteiger partial charge in [-0.1, -0.05) is 24.1 Å². The Morgan fingerprint density at radius 2 is 1.66 bits per heavy atom. The summed E-state index contributed by atoms with van der Waals surface area (Å²) in [6.45, 7) is 1.27. The summed E-state index contributed by atoms with van der Waals surface area (Å²) in [6.07, 6.45) is 1.60. The van der Waals surface area contributed by atoms with Gasteiger partial charge in [-0.15, -0.1) is 0 Å². The molecule has 2 aromatic carbocycles. The standard InChI is InChI=1S/C42H48N6O10/c1-26-5-3-7-29(46-26)11-9-27-6-4-8-30(19-27)57-18-16-43-34(50)21-55-22-35(51)44-25-45-36(52)23-56-24-37(53)47-31-13-14-42(54)33-20-28-10-12-32(49)39-38(28)41(42,40(31)58-39)15-17-48(33)2/h3-8,10,12,19,31,33,40,49,54H,13-18,20-25H2,1-2H3,(H,43,50)(H,44,51)(H,45,52)(H,47,53)/t31-,33?,40-,41-,42+/m0/s1. The second-order valence-corrected chi connectivity index (χ2v) is 15.0. The first kappa shape index (κ1) is 40.5. The SMILES string of the molecule is Cc1cccc(C#Cc2cccc(OCCNC(=O)COCC(=O)NCNC(=O)COCC(=O)N[C@H]3CC[C@@]4(O)C5Cc6ccc(O)c7c6[C@@]4(CCN5C)[C@H]3O7)c2)n1. The number of amides is 4. The molecule has 2 aliphatic carbocycles. The molecule has 1 saturated heterocycles. The van der Waals surface area contributed by atoms with Gasteiger partial charge in [0.25, 0.3) is 0 Å². The van der Waals surface area contributed by atoms with Crippen LogP contribution < -0.4 is 30.7 Å². The van der Waals surface area contributed by atoms with E-state index in [0.717, 1.165) is 28.9 Å². The fourth-order valence-corrected chi connectivity index (χ4v) is 8.79. The molecule has 4 aliphatic rings. The maximum atomic E-state index is 13.0. The molecule has 2 aliphatic heterocycles. The van der Waals surface area contributed by atoms with E-state index in [1.807, 2.05) is 50.4 Å². The predicted octanol–water partition coefficient (Wildman–Crippen LogP) is 0.182. The number of rotatable bonds is 15. The summed E-state index contributed by atoms with van der Waals surface area (Å²) in [5.41, 5.74) is 2.38. The summed E-state index contributed by atoms with van der Waals surface area (Å²) < 4.78 is 22.6. The van der Waals surface area contributed by atoms with E-state index in [4.69, 9.17) is 18.9 Å². The molecule has 3 heterocycles. The average molecular weight is 797 g/mol. The first-order valence-corrected chi connectivity index (χ1v) is 19.3. The number of aromatic hydroxyl groups is 1. The van der Waals surface area contributed by atoms with Gasteiger partial charge in [0.05, 0.1) is 30.3 Å². The van der Waals surface area contributed by atoms with Gasteiger partial charge in [0.2, 0.25) is 23.6 Å².